The van der Waals surface area contributed by atoms with Gasteiger partial charge in [-0.25, -0.2) is 0 Å². The summed E-state index contributed by atoms with van der Waals surface area (Å²) in [5.41, 5.74) is 8.42. The molecule has 0 aliphatic heterocycles. The molecule has 0 aliphatic carbocycles. The van der Waals surface area contributed by atoms with Gasteiger partial charge in [0.25, 0.3) is 0 Å². The van der Waals surface area contributed by atoms with Crippen molar-refractivity contribution < 1.29 is 184 Å². The number of aliphatic carboxylic acids is 6. The second-order valence-electron chi connectivity index (χ2n) is 33.7. The third-order valence-corrected chi connectivity index (χ3v) is 22.9. The Morgan fingerprint density at radius 2 is 0.345 bits per heavy atom. The topological polar surface area (TPSA) is 440 Å². The zero-order valence-corrected chi connectivity index (χ0v) is 89.1. The van der Waals surface area contributed by atoms with Crippen molar-refractivity contribution in [1.29, 1.82) is 0 Å². The number of fused-ring (bicyclic) bond motifs is 12. The van der Waals surface area contributed by atoms with Gasteiger partial charge in [-0.05, 0) is 195 Å². The Bertz CT molecular complexity index is 6450. The number of pyridine rings is 4. The average molecular weight is 2300 g/mol. The molecule has 14 aromatic carbocycles. The number of aromatic nitrogens is 4. The quantitative estimate of drug-likeness (QED) is 0.0476. The summed E-state index contributed by atoms with van der Waals surface area (Å²) in [5.74, 6) is -5.18. The van der Waals surface area contributed by atoms with E-state index in [4.69, 9.17) is 28.4 Å². The van der Waals surface area contributed by atoms with E-state index in [0.29, 0.717) is 0 Å². The van der Waals surface area contributed by atoms with E-state index in [1.54, 1.807) is 151 Å². The molecule has 18 aromatic rings. The Morgan fingerprint density at radius 1 is 0.223 bits per heavy atom. The number of rotatable bonds is 21. The molecule has 4 aromatic heterocycles. The molecular formula is C117H117Dy2N7O22. The van der Waals surface area contributed by atoms with E-state index < -0.39 is 71.3 Å². The van der Waals surface area contributed by atoms with Crippen molar-refractivity contribution >= 4 is 163 Å². The van der Waals surface area contributed by atoms with Crippen LogP contribution in [0, 0.1) is 76.3 Å². The third kappa shape index (κ3) is 36.8. The maximum Gasteiger partial charge on any atom is 3.00 e. The van der Waals surface area contributed by atoms with Gasteiger partial charge in [-0.2, -0.15) is 0 Å². The van der Waals surface area contributed by atoms with Crippen LogP contribution in [-0.2, 0) is 43.2 Å². The molecule has 3 amide bonds. The van der Waals surface area contributed by atoms with Crippen LogP contribution < -0.4 is 59.1 Å². The number of benzene rings is 14. The van der Waals surface area contributed by atoms with Crippen LogP contribution in [0.25, 0.3) is 108 Å². The molecule has 0 aliphatic rings. The van der Waals surface area contributed by atoms with Gasteiger partial charge in [0.1, 0.15) is 34.5 Å². The molecule has 31 heteroatoms. The zero-order valence-electron chi connectivity index (χ0n) is 85.1. The number of carboxylic acids is 6. The molecule has 6 atom stereocenters. The second kappa shape index (κ2) is 62.0. The second-order valence-corrected chi connectivity index (χ2v) is 33.7. The molecule has 0 fully saturated rings. The summed E-state index contributed by atoms with van der Waals surface area (Å²) in [5, 5.41) is 81.5. The van der Waals surface area contributed by atoms with E-state index in [2.05, 4.69) is 68.5 Å². The maximum atomic E-state index is 10.8. The van der Waals surface area contributed by atoms with Crippen LogP contribution in [0.3, 0.4) is 0 Å². The first-order chi connectivity index (χ1) is 69.4. The van der Waals surface area contributed by atoms with Crippen molar-refractivity contribution in [3.63, 3.8) is 0 Å². The normalized spacial score (nSPS) is 11.3. The minimum atomic E-state index is -1.06. The van der Waals surface area contributed by atoms with E-state index in [1.165, 1.54) is 14.7 Å². The molecule has 0 spiro atoms. The van der Waals surface area contributed by atoms with Gasteiger partial charge in [-0.15, -0.1) is 0 Å². The Labute approximate surface area is 919 Å². The fraction of sp³-hybridized carbons (Fsp3) is 0.205. The predicted octanol–water partition coefficient (Wildman–Crippen LogP) is 14.1. The number of hydrogen-bond donors (Lipinski definition) is 0. The molecule has 0 bridgehead atoms. The Balaban J connectivity index is 0.000000291. The number of ether oxygens (including phenoxy) is 6. The molecule has 0 saturated carbocycles. The molecule has 2 N–H and O–H groups in total. The number of nitrogens with zero attached hydrogens (tertiary/aromatic N) is 7. The van der Waals surface area contributed by atoms with Crippen molar-refractivity contribution in [3.05, 3.63) is 349 Å². The van der Waals surface area contributed by atoms with Gasteiger partial charge in [-0.3, -0.25) is 34.3 Å². The van der Waals surface area contributed by atoms with Gasteiger partial charge in [-0.1, -0.05) is 236 Å². The van der Waals surface area contributed by atoms with E-state index >= 15 is 0 Å². The molecule has 772 valence electrons. The van der Waals surface area contributed by atoms with Gasteiger partial charge < -0.3 is 108 Å². The SMILES string of the molecule is CN(C)C=O.CN(C)C=O.CN(C)C=O.COc1ccc2cc([C@H](C)C(=O)[O-])ccc2c1.COc1ccc2cc([C@H](C)C(=O)[O-])ccc2c1.COc1ccc2cc([C@H](C)C(=O)[O-])ccc2c1.COc1ccc2cc([C@H](C)C(=O)[O-])ccc2c1.COc1ccc2cc([C@H](C)C(=O)[O-])ccc2c1.COc1ccc2cc([C@H](C)C(=O)[O-])ccc2c1.O.[Dy+3].[Dy+3].c1cnc2c(c1)ccc1cccnc12.c1cnc2c(c1)ccc1cccnc12. The molecule has 29 nitrogen and oxygen atoms in total. The fourth-order valence-corrected chi connectivity index (χ4v) is 14.0. The summed E-state index contributed by atoms with van der Waals surface area (Å²) in [7, 11) is 19.8. The van der Waals surface area contributed by atoms with Gasteiger partial charge in [0.15, 0.2) is 0 Å². The van der Waals surface area contributed by atoms with E-state index in [9.17, 15) is 73.8 Å². The smallest absolute Gasteiger partial charge is 0.550 e. The number of carbonyl (C=O) groups excluding carboxylic acids is 9. The summed E-state index contributed by atoms with van der Waals surface area (Å²) >= 11 is 0. The number of hydrogen-bond acceptors (Lipinski definition) is 25. The molecule has 148 heavy (non-hydrogen) atoms. The minimum absolute atomic E-state index is 0. The van der Waals surface area contributed by atoms with Crippen LogP contribution in [0.2, 0.25) is 0 Å². The van der Waals surface area contributed by atoms with Crippen LogP contribution in [0.15, 0.2) is 316 Å². The molecule has 4 heterocycles. The summed E-state index contributed by atoms with van der Waals surface area (Å²) < 4.78 is 30.8. The largest absolute Gasteiger partial charge is 3.00 e. The summed E-state index contributed by atoms with van der Waals surface area (Å²) in [6.45, 7) is 9.75. The van der Waals surface area contributed by atoms with Crippen molar-refractivity contribution in [2.45, 2.75) is 77.0 Å². The fourth-order valence-electron chi connectivity index (χ4n) is 14.0. The van der Waals surface area contributed by atoms with Crippen LogP contribution in [-0.4, -0.2) is 180 Å². The Morgan fingerprint density at radius 3 is 0.466 bits per heavy atom. The van der Waals surface area contributed by atoms with Gasteiger partial charge in [0.2, 0.25) is 19.2 Å². The van der Waals surface area contributed by atoms with Crippen molar-refractivity contribution in [2.75, 3.05) is 84.9 Å². The molecule has 0 saturated heterocycles. The maximum absolute atomic E-state index is 10.8. The van der Waals surface area contributed by atoms with Crippen LogP contribution in [0.5, 0.6) is 34.5 Å². The van der Waals surface area contributed by atoms with Crippen molar-refractivity contribution in [1.82, 2.24) is 34.6 Å². The summed E-state index contributed by atoms with van der Waals surface area (Å²) in [4.78, 5) is 115. The van der Waals surface area contributed by atoms with Crippen molar-refractivity contribution in [3.8, 4) is 34.5 Å². The van der Waals surface area contributed by atoms with Crippen LogP contribution in [0.4, 0.5) is 0 Å². The van der Waals surface area contributed by atoms with Gasteiger partial charge >= 0.3 is 76.3 Å². The number of methoxy groups -OCH3 is 6. The van der Waals surface area contributed by atoms with E-state index in [1.807, 2.05) is 243 Å². The Hall–Kier alpha value is -15.2. The molecule has 2 radical (unpaired) electrons. The first kappa shape index (κ1) is 123. The molecular weight excluding hydrogens is 2180 g/mol. The molecule has 18 rings (SSSR count). The standard InChI is InChI=1S/6C14H14O3.2C12H8N2.3C3H7NO.2Dy.H2O/c6*1-9(14(15)16)10-3-4-12-8-13(17-2)6-5-11(12)7-10;2*1-3-9-5-6-10-4-2-8-14-12(10)11(9)13-7-1;3*1-4(2)3-5;;;/h6*3-9H,1-2H3,(H,15,16);2*1-8H;3*3H,1-2H3;;;1H2/q;;;;;;;;;;;2*+3;/p-6/t6*9-;;;;;;;;/m000000......../s1. The number of carboxylic acid groups (broad SMARTS) is 6. The van der Waals surface area contributed by atoms with E-state index in [0.717, 1.165) is 195 Å². The zero-order chi connectivity index (χ0) is 106. The minimum Gasteiger partial charge on any atom is -0.550 e. The first-order valence-electron chi connectivity index (χ1n) is 45.6. The van der Waals surface area contributed by atoms with Gasteiger partial charge in [0.05, 0.1) is 64.7 Å². The van der Waals surface area contributed by atoms with Crippen LogP contribution >= 0.6 is 0 Å². The summed E-state index contributed by atoms with van der Waals surface area (Å²) in [6.07, 6.45) is 9.46. The number of carbonyl (C=O) groups is 9. The van der Waals surface area contributed by atoms with E-state index in [-0.39, 0.29) is 81.8 Å². The Kier molecular flexibility index (Phi) is 51.6. The first-order valence-corrected chi connectivity index (χ1v) is 45.6. The predicted molar refractivity (Wildman–Crippen MR) is 560 cm³/mol. The van der Waals surface area contributed by atoms with Crippen LogP contribution in [0.1, 0.15) is 110 Å². The summed E-state index contributed by atoms with van der Waals surface area (Å²) in [6, 6.07) is 91.9. The molecule has 0 unspecified atom stereocenters. The third-order valence-electron chi connectivity index (χ3n) is 22.9. The van der Waals surface area contributed by atoms with Crippen molar-refractivity contribution in [2.24, 2.45) is 0 Å². The monoisotopic (exact) mass is 2300 g/mol. The average Bonchev–Trinajstić information content (AvgIpc) is 0.791. The number of amides is 3. The van der Waals surface area contributed by atoms with Gasteiger partial charge in [0, 0.05) is 160 Å².